The van der Waals surface area contributed by atoms with Gasteiger partial charge in [-0.15, -0.1) is 0 Å². The van der Waals surface area contributed by atoms with E-state index in [1.807, 2.05) is 13.8 Å². The van der Waals surface area contributed by atoms with Crippen LogP contribution in [0, 0.1) is 11.6 Å². The van der Waals surface area contributed by atoms with Gasteiger partial charge >= 0.3 is 0 Å². The first-order chi connectivity index (χ1) is 14.2. The Balaban J connectivity index is 1.57. The smallest absolute Gasteiger partial charge is 0.258 e. The third-order valence-corrected chi connectivity index (χ3v) is 7.23. The zero-order valence-electron chi connectivity index (χ0n) is 16.6. The molecule has 0 radical (unpaired) electrons. The van der Waals surface area contributed by atoms with Gasteiger partial charge in [0.25, 0.3) is 5.91 Å². The van der Waals surface area contributed by atoms with Crippen molar-refractivity contribution in [1.29, 1.82) is 0 Å². The molecule has 9 heteroatoms. The second-order valence-electron chi connectivity index (χ2n) is 7.70. The fraction of sp³-hybridized carbons (Fsp3) is 0.381. The van der Waals surface area contributed by atoms with Gasteiger partial charge in [-0.1, -0.05) is 0 Å². The molecule has 0 aromatic heterocycles. The molecule has 0 spiro atoms. The van der Waals surface area contributed by atoms with Crippen LogP contribution in [0.25, 0.3) is 0 Å². The summed E-state index contributed by atoms with van der Waals surface area (Å²) in [5.74, 6) is -1.85. The summed E-state index contributed by atoms with van der Waals surface area (Å²) in [6, 6.07) is 7.57. The molecule has 2 aromatic rings. The predicted molar refractivity (Wildman–Crippen MR) is 107 cm³/mol. The Morgan fingerprint density at radius 2 is 1.70 bits per heavy atom. The molecule has 30 heavy (non-hydrogen) atoms. The summed E-state index contributed by atoms with van der Waals surface area (Å²) in [5, 5.41) is 0. The molecule has 4 rings (SSSR count). The number of sulfonamides is 1. The van der Waals surface area contributed by atoms with Crippen LogP contribution in [0.3, 0.4) is 0 Å². The van der Waals surface area contributed by atoms with Crippen LogP contribution in [-0.4, -0.2) is 50.5 Å². The largest absolute Gasteiger partial charge is 0.373 e. The molecule has 2 heterocycles. The van der Waals surface area contributed by atoms with Crippen LogP contribution < -0.4 is 4.90 Å². The molecule has 2 aromatic carbocycles. The molecule has 0 saturated carbocycles. The van der Waals surface area contributed by atoms with Crippen LogP contribution >= 0.6 is 0 Å². The number of fused-ring (bicyclic) bond motifs is 1. The van der Waals surface area contributed by atoms with Gasteiger partial charge in [0.15, 0.2) is 0 Å². The number of anilines is 1. The van der Waals surface area contributed by atoms with Gasteiger partial charge < -0.3 is 9.64 Å². The maximum absolute atomic E-state index is 13.9. The highest BCUT2D eigenvalue weighted by molar-refractivity contribution is 7.89. The molecular weight excluding hydrogens is 414 g/mol. The van der Waals surface area contributed by atoms with Gasteiger partial charge in [0, 0.05) is 36.8 Å². The first-order valence-electron chi connectivity index (χ1n) is 9.72. The molecule has 1 amide bonds. The van der Waals surface area contributed by atoms with Crippen LogP contribution in [0.4, 0.5) is 14.5 Å². The number of ether oxygens (including phenoxy) is 1. The number of hydrogen-bond donors (Lipinski definition) is 0. The minimum Gasteiger partial charge on any atom is -0.373 e. The number of rotatable bonds is 3. The summed E-state index contributed by atoms with van der Waals surface area (Å²) in [6.07, 6.45) is -0.117. The molecule has 2 unspecified atom stereocenters. The lowest BCUT2D eigenvalue weighted by Crippen LogP contribution is -2.48. The molecule has 1 saturated heterocycles. The Hall–Kier alpha value is -2.36. The van der Waals surface area contributed by atoms with Crippen molar-refractivity contribution in [3.05, 3.63) is 59.2 Å². The van der Waals surface area contributed by atoms with E-state index < -0.39 is 27.6 Å². The highest BCUT2D eigenvalue weighted by Crippen LogP contribution is 2.32. The third kappa shape index (κ3) is 3.73. The Morgan fingerprint density at radius 3 is 2.33 bits per heavy atom. The van der Waals surface area contributed by atoms with Gasteiger partial charge in [0.1, 0.15) is 11.6 Å². The van der Waals surface area contributed by atoms with Crippen LogP contribution in [-0.2, 0) is 21.2 Å². The van der Waals surface area contributed by atoms with Crippen molar-refractivity contribution < 1.29 is 26.7 Å². The lowest BCUT2D eigenvalue weighted by atomic mass is 10.1. The predicted octanol–water partition coefficient (Wildman–Crippen LogP) is 2.97. The maximum Gasteiger partial charge on any atom is 0.258 e. The van der Waals surface area contributed by atoms with E-state index in [4.69, 9.17) is 4.74 Å². The van der Waals surface area contributed by atoms with Crippen molar-refractivity contribution >= 4 is 21.6 Å². The van der Waals surface area contributed by atoms with Gasteiger partial charge in [-0.3, -0.25) is 4.79 Å². The van der Waals surface area contributed by atoms with Gasteiger partial charge in [-0.25, -0.2) is 17.2 Å². The molecule has 6 nitrogen and oxygen atoms in total. The highest BCUT2D eigenvalue weighted by Gasteiger charge is 2.33. The SMILES string of the molecule is CC1CN(S(=O)(=O)c2ccc(C(=O)N3CCc4c(F)cc(F)cc43)cc2)CC(C)O1. The number of carbonyl (C=O) groups is 1. The Labute approximate surface area is 174 Å². The first-order valence-corrected chi connectivity index (χ1v) is 11.2. The molecule has 0 N–H and O–H groups in total. The van der Waals surface area contributed by atoms with E-state index >= 15 is 0 Å². The van der Waals surface area contributed by atoms with E-state index in [1.165, 1.54) is 33.5 Å². The molecule has 1 fully saturated rings. The fourth-order valence-corrected chi connectivity index (χ4v) is 5.63. The van der Waals surface area contributed by atoms with Crippen LogP contribution in [0.1, 0.15) is 29.8 Å². The molecule has 2 atom stereocenters. The number of morpholine rings is 1. The van der Waals surface area contributed by atoms with E-state index in [1.54, 1.807) is 0 Å². The van der Waals surface area contributed by atoms with Gasteiger partial charge in [0.05, 0.1) is 22.8 Å². The minimum atomic E-state index is -3.72. The summed E-state index contributed by atoms with van der Waals surface area (Å²) in [6.45, 7) is 4.39. The zero-order valence-corrected chi connectivity index (χ0v) is 17.5. The van der Waals surface area contributed by atoms with Gasteiger partial charge in [0.2, 0.25) is 10.0 Å². The summed E-state index contributed by atoms with van der Waals surface area (Å²) in [4.78, 5) is 14.3. The van der Waals surface area contributed by atoms with Crippen LogP contribution in [0.5, 0.6) is 0 Å². The first kappa shape index (κ1) is 20.9. The van der Waals surface area contributed by atoms with Crippen molar-refractivity contribution in [3.63, 3.8) is 0 Å². The number of nitrogens with zero attached hydrogens (tertiary/aromatic N) is 2. The zero-order chi connectivity index (χ0) is 21.6. The average Bonchev–Trinajstić information content (AvgIpc) is 3.11. The lowest BCUT2D eigenvalue weighted by Gasteiger charge is -2.34. The Morgan fingerprint density at radius 1 is 1.07 bits per heavy atom. The van der Waals surface area contributed by atoms with Crippen molar-refractivity contribution in [3.8, 4) is 0 Å². The lowest BCUT2D eigenvalue weighted by molar-refractivity contribution is -0.0440. The van der Waals surface area contributed by atoms with Gasteiger partial charge in [-0.2, -0.15) is 4.31 Å². The number of hydrogen-bond acceptors (Lipinski definition) is 4. The number of halogens is 2. The van der Waals surface area contributed by atoms with E-state index in [0.717, 1.165) is 12.1 Å². The van der Waals surface area contributed by atoms with E-state index in [9.17, 15) is 22.0 Å². The standard InChI is InChI=1S/C21H22F2N2O4S/c1-13-11-24(12-14(2)29-13)30(27,28)17-5-3-15(4-6-17)21(26)25-8-7-18-19(23)9-16(22)10-20(18)25/h3-6,9-10,13-14H,7-8,11-12H2,1-2H3. The van der Waals surface area contributed by atoms with Crippen molar-refractivity contribution in [2.75, 3.05) is 24.5 Å². The molecule has 160 valence electrons. The van der Waals surface area contributed by atoms with Crippen molar-refractivity contribution in [2.24, 2.45) is 0 Å². The Kier molecular flexibility index (Phi) is 5.37. The monoisotopic (exact) mass is 436 g/mol. The number of benzene rings is 2. The second kappa shape index (κ2) is 7.72. The third-order valence-electron chi connectivity index (χ3n) is 5.38. The summed E-state index contributed by atoms with van der Waals surface area (Å²) >= 11 is 0. The quantitative estimate of drug-likeness (QED) is 0.742. The average molecular weight is 436 g/mol. The maximum atomic E-state index is 13.9. The summed E-state index contributed by atoms with van der Waals surface area (Å²) < 4.78 is 60.4. The van der Waals surface area contributed by atoms with Crippen LogP contribution in [0.2, 0.25) is 0 Å². The van der Waals surface area contributed by atoms with E-state index in [2.05, 4.69) is 0 Å². The number of carbonyl (C=O) groups excluding carboxylic acids is 1. The van der Waals surface area contributed by atoms with E-state index in [-0.39, 0.29) is 48.0 Å². The van der Waals surface area contributed by atoms with E-state index in [0.29, 0.717) is 12.0 Å². The van der Waals surface area contributed by atoms with Crippen molar-refractivity contribution in [1.82, 2.24) is 4.31 Å². The highest BCUT2D eigenvalue weighted by atomic mass is 32.2. The normalized spacial score (nSPS) is 22.2. The van der Waals surface area contributed by atoms with Gasteiger partial charge in [-0.05, 0) is 50.6 Å². The number of amides is 1. The Bertz CT molecular complexity index is 1080. The molecule has 0 bridgehead atoms. The molecule has 0 aliphatic carbocycles. The summed E-state index contributed by atoms with van der Waals surface area (Å²) in [5.41, 5.74) is 0.764. The van der Waals surface area contributed by atoms with Crippen molar-refractivity contribution in [2.45, 2.75) is 37.4 Å². The fourth-order valence-electron chi connectivity index (χ4n) is 4.03. The minimum absolute atomic E-state index is 0.0826. The molecule has 2 aliphatic heterocycles. The topological polar surface area (TPSA) is 66.9 Å². The summed E-state index contributed by atoms with van der Waals surface area (Å²) in [7, 11) is -3.72. The second-order valence-corrected chi connectivity index (χ2v) is 9.63. The van der Waals surface area contributed by atoms with Crippen LogP contribution in [0.15, 0.2) is 41.3 Å². The molecule has 2 aliphatic rings. The molecular formula is C21H22F2N2O4S.